The maximum Gasteiger partial charge on any atom is 0.475 e. The van der Waals surface area contributed by atoms with Gasteiger partial charge in [0, 0.05) is 5.56 Å². The van der Waals surface area contributed by atoms with E-state index in [0.29, 0.717) is 23.3 Å². The predicted octanol–water partition coefficient (Wildman–Crippen LogP) is 2.10. The number of methoxy groups -OCH3 is 1. The lowest BCUT2D eigenvalue weighted by Crippen LogP contribution is -2.48. The Morgan fingerprint density at radius 3 is 2.33 bits per heavy atom. The van der Waals surface area contributed by atoms with E-state index in [1.807, 2.05) is 19.9 Å². The zero-order chi connectivity index (χ0) is 22.1. The molecule has 0 spiro atoms. The van der Waals surface area contributed by atoms with Crippen LogP contribution in [0.5, 0.6) is 5.75 Å². The van der Waals surface area contributed by atoms with Crippen LogP contribution in [-0.2, 0) is 4.79 Å². The van der Waals surface area contributed by atoms with Gasteiger partial charge in [-0.2, -0.15) is 0 Å². The first kappa shape index (κ1) is 23.4. The van der Waals surface area contributed by atoms with E-state index in [-0.39, 0.29) is 18.2 Å². The van der Waals surface area contributed by atoms with Crippen molar-refractivity contribution in [1.29, 1.82) is 0 Å². The predicted molar refractivity (Wildman–Crippen MR) is 116 cm³/mol. The summed E-state index contributed by atoms with van der Waals surface area (Å²) in [5.41, 5.74) is 1.19. The first-order chi connectivity index (χ1) is 14.3. The molecular weight excluding hydrogens is 383 g/mol. The lowest BCUT2D eigenvalue weighted by atomic mass is 9.75. The van der Waals surface area contributed by atoms with Gasteiger partial charge in [0.05, 0.1) is 25.5 Å². The van der Waals surface area contributed by atoms with Crippen molar-refractivity contribution in [3.8, 4) is 5.75 Å². The van der Waals surface area contributed by atoms with Crippen molar-refractivity contribution in [2.45, 2.75) is 38.7 Å². The summed E-state index contributed by atoms with van der Waals surface area (Å²) in [7, 11) is -0.117. The van der Waals surface area contributed by atoms with Crippen molar-refractivity contribution < 1.29 is 24.4 Å². The highest BCUT2D eigenvalue weighted by Gasteiger charge is 2.28. The van der Waals surface area contributed by atoms with Crippen molar-refractivity contribution in [3.63, 3.8) is 0 Å². The second kappa shape index (κ2) is 11.4. The van der Waals surface area contributed by atoms with Crippen LogP contribution in [0.2, 0.25) is 0 Å². The van der Waals surface area contributed by atoms with E-state index >= 15 is 0 Å². The van der Waals surface area contributed by atoms with Crippen molar-refractivity contribution in [1.82, 2.24) is 10.6 Å². The molecule has 0 aromatic heterocycles. The van der Waals surface area contributed by atoms with E-state index in [1.54, 1.807) is 55.6 Å². The Bertz CT molecular complexity index is 829. The van der Waals surface area contributed by atoms with Gasteiger partial charge in [-0.05, 0) is 42.2 Å². The van der Waals surface area contributed by atoms with Crippen LogP contribution in [-0.4, -0.2) is 42.0 Å². The normalized spacial score (nSPS) is 12.7. The number of carbonyl (C=O) groups is 2. The number of hydrogen-bond acceptors (Lipinski definition) is 5. The van der Waals surface area contributed by atoms with Gasteiger partial charge >= 0.3 is 7.12 Å². The van der Waals surface area contributed by atoms with E-state index in [4.69, 9.17) is 4.74 Å². The molecule has 0 aliphatic carbocycles. The fourth-order valence-electron chi connectivity index (χ4n) is 3.16. The molecule has 0 heterocycles. The highest BCUT2D eigenvalue weighted by atomic mass is 16.5. The van der Waals surface area contributed by atoms with E-state index in [0.717, 1.165) is 0 Å². The molecule has 4 N–H and O–H groups in total. The molecule has 0 saturated heterocycles. The number of hydrogen-bond donors (Lipinski definition) is 4. The van der Waals surface area contributed by atoms with Gasteiger partial charge < -0.3 is 25.4 Å². The quantitative estimate of drug-likeness (QED) is 0.447. The molecule has 2 aromatic carbocycles. The van der Waals surface area contributed by atoms with Crippen LogP contribution in [0, 0.1) is 5.92 Å². The number of rotatable bonds is 10. The summed E-state index contributed by atoms with van der Waals surface area (Å²) in [6.07, 6.45) is 0.358. The molecule has 0 radical (unpaired) electrons. The molecule has 0 saturated carbocycles. The third-order valence-electron chi connectivity index (χ3n) is 4.66. The zero-order valence-electron chi connectivity index (χ0n) is 17.5. The summed E-state index contributed by atoms with van der Waals surface area (Å²) < 4.78 is 5.26. The minimum Gasteiger partial charge on any atom is -0.497 e. The molecule has 0 aliphatic rings. The molecule has 0 aliphatic heterocycles. The van der Waals surface area contributed by atoms with Crippen LogP contribution in [0.15, 0.2) is 54.6 Å². The molecule has 2 rings (SSSR count). The Morgan fingerprint density at radius 1 is 1.03 bits per heavy atom. The Morgan fingerprint density at radius 2 is 1.73 bits per heavy atom. The fraction of sp³-hybridized carbons (Fsp3) is 0.364. The highest BCUT2D eigenvalue weighted by molar-refractivity contribution is 6.43. The summed E-state index contributed by atoms with van der Waals surface area (Å²) in [6, 6.07) is 15.2. The Labute approximate surface area is 177 Å². The van der Waals surface area contributed by atoms with Crippen LogP contribution in [0.25, 0.3) is 0 Å². The molecule has 2 unspecified atom stereocenters. The number of amides is 2. The summed E-state index contributed by atoms with van der Waals surface area (Å²) in [4.78, 5) is 25.4. The van der Waals surface area contributed by atoms with Gasteiger partial charge in [-0.15, -0.1) is 0 Å². The van der Waals surface area contributed by atoms with Crippen LogP contribution < -0.4 is 15.4 Å². The van der Waals surface area contributed by atoms with E-state index in [1.165, 1.54) is 0 Å². The third kappa shape index (κ3) is 7.20. The Hall–Kier alpha value is -2.84. The molecule has 2 atom stereocenters. The summed E-state index contributed by atoms with van der Waals surface area (Å²) >= 11 is 0. The molecule has 7 nitrogen and oxygen atoms in total. The summed E-state index contributed by atoms with van der Waals surface area (Å²) in [5.74, 6) is -0.709. The molecule has 2 amide bonds. The number of ether oxygens (including phenoxy) is 1. The maximum absolute atomic E-state index is 12.7. The highest BCUT2D eigenvalue weighted by Crippen LogP contribution is 2.22. The zero-order valence-corrected chi connectivity index (χ0v) is 17.5. The molecule has 0 fully saturated rings. The maximum atomic E-state index is 12.7. The van der Waals surface area contributed by atoms with Crippen LogP contribution in [0.3, 0.4) is 0 Å². The molecular formula is C22H29BN2O5. The standard InChI is InChI=1S/C22H29BN2O5/c1-15(2)12-20(23(28)29)25-21(26)14-19(17-10-7-11-18(13-17)30-3)24-22(27)16-8-5-4-6-9-16/h4-11,13,15,19-20,28-29H,12,14H2,1-3H3,(H,24,27)(H,25,26). The van der Waals surface area contributed by atoms with Crippen molar-refractivity contribution in [3.05, 3.63) is 65.7 Å². The third-order valence-corrected chi connectivity index (χ3v) is 4.66. The largest absolute Gasteiger partial charge is 0.497 e. The Kier molecular flexibility index (Phi) is 8.89. The lowest BCUT2D eigenvalue weighted by Gasteiger charge is -2.23. The van der Waals surface area contributed by atoms with Crippen LogP contribution >= 0.6 is 0 Å². The molecule has 8 heteroatoms. The first-order valence-electron chi connectivity index (χ1n) is 9.95. The topological polar surface area (TPSA) is 108 Å². The second-order valence-electron chi connectivity index (χ2n) is 7.59. The van der Waals surface area contributed by atoms with Gasteiger partial charge in [-0.1, -0.05) is 44.2 Å². The number of benzene rings is 2. The SMILES string of the molecule is COc1cccc(C(CC(=O)NC(CC(C)C)B(O)O)NC(=O)c2ccccc2)c1. The average Bonchev–Trinajstić information content (AvgIpc) is 2.73. The molecule has 160 valence electrons. The van der Waals surface area contributed by atoms with Gasteiger partial charge in [0.2, 0.25) is 5.91 Å². The second-order valence-corrected chi connectivity index (χ2v) is 7.59. The van der Waals surface area contributed by atoms with Gasteiger partial charge in [-0.3, -0.25) is 9.59 Å². The van der Waals surface area contributed by atoms with Crippen LogP contribution in [0.4, 0.5) is 0 Å². The van der Waals surface area contributed by atoms with Crippen LogP contribution in [0.1, 0.15) is 48.7 Å². The van der Waals surface area contributed by atoms with E-state index < -0.39 is 25.0 Å². The van der Waals surface area contributed by atoms with Gasteiger partial charge in [0.15, 0.2) is 0 Å². The number of carbonyl (C=O) groups excluding carboxylic acids is 2. The number of nitrogens with one attached hydrogen (secondary N) is 2. The summed E-state index contributed by atoms with van der Waals surface area (Å²) in [6.45, 7) is 3.86. The summed E-state index contributed by atoms with van der Waals surface area (Å²) in [5, 5.41) is 24.7. The lowest BCUT2D eigenvalue weighted by molar-refractivity contribution is -0.122. The minimum absolute atomic E-state index is 0.0624. The van der Waals surface area contributed by atoms with Gasteiger partial charge in [0.1, 0.15) is 5.75 Å². The Balaban J connectivity index is 2.20. The molecule has 30 heavy (non-hydrogen) atoms. The van der Waals surface area contributed by atoms with Gasteiger partial charge in [-0.25, -0.2) is 0 Å². The molecule has 0 bridgehead atoms. The first-order valence-corrected chi connectivity index (χ1v) is 9.95. The van der Waals surface area contributed by atoms with E-state index in [9.17, 15) is 19.6 Å². The minimum atomic E-state index is -1.66. The average molecular weight is 412 g/mol. The van der Waals surface area contributed by atoms with E-state index in [2.05, 4.69) is 10.6 Å². The monoisotopic (exact) mass is 412 g/mol. The van der Waals surface area contributed by atoms with Crippen molar-refractivity contribution in [2.24, 2.45) is 5.92 Å². The smallest absolute Gasteiger partial charge is 0.475 e. The van der Waals surface area contributed by atoms with Crippen molar-refractivity contribution >= 4 is 18.9 Å². The fourth-order valence-corrected chi connectivity index (χ4v) is 3.16. The van der Waals surface area contributed by atoms with Gasteiger partial charge in [0.25, 0.3) is 5.91 Å². The molecule has 2 aromatic rings. The van der Waals surface area contributed by atoms with Crippen molar-refractivity contribution in [2.75, 3.05) is 7.11 Å².